The predicted molar refractivity (Wildman–Crippen MR) is 67.7 cm³/mol. The molecule has 1 aromatic heterocycles. The Labute approximate surface area is 112 Å². The van der Waals surface area contributed by atoms with Crippen LogP contribution in [0.5, 0.6) is 5.75 Å². The van der Waals surface area contributed by atoms with Crippen molar-refractivity contribution in [1.29, 1.82) is 0 Å². The largest absolute Gasteiger partial charge is 0.478 e. The molecule has 0 saturated heterocycles. The molecule has 0 aliphatic carbocycles. The maximum Gasteiger partial charge on any atom is 0.410 e. The summed E-state index contributed by atoms with van der Waals surface area (Å²) in [7, 11) is 0. The van der Waals surface area contributed by atoms with E-state index in [0.717, 1.165) is 0 Å². The van der Waals surface area contributed by atoms with Crippen molar-refractivity contribution in [2.24, 2.45) is 5.73 Å². The van der Waals surface area contributed by atoms with Crippen molar-refractivity contribution < 1.29 is 29.3 Å². The highest BCUT2D eigenvalue weighted by atomic mass is 16.5. The number of nitrogens with two attached hydrogens (primary N) is 3. The summed E-state index contributed by atoms with van der Waals surface area (Å²) in [6.45, 7) is 0. The summed E-state index contributed by atoms with van der Waals surface area (Å²) in [6, 6.07) is 2.87. The predicted octanol–water partition coefficient (Wildman–Crippen LogP) is -0.585. The zero-order valence-corrected chi connectivity index (χ0v) is 10.0. The monoisotopic (exact) mass is 284 g/mol. The molecular formula is C10H12N4O6. The van der Waals surface area contributed by atoms with Crippen molar-refractivity contribution in [3.63, 3.8) is 0 Å². The lowest BCUT2D eigenvalue weighted by atomic mass is 10.4. The van der Waals surface area contributed by atoms with Crippen LogP contribution in [0.2, 0.25) is 0 Å². The van der Waals surface area contributed by atoms with E-state index in [4.69, 9.17) is 27.4 Å². The molecule has 0 spiro atoms. The van der Waals surface area contributed by atoms with Crippen LogP contribution in [0.1, 0.15) is 0 Å². The minimum Gasteiger partial charge on any atom is -0.478 e. The fourth-order valence-corrected chi connectivity index (χ4v) is 0.815. The van der Waals surface area contributed by atoms with Gasteiger partial charge in [0.1, 0.15) is 5.82 Å². The summed E-state index contributed by atoms with van der Waals surface area (Å²) in [6.07, 6.45) is 0.179. The standard InChI is InChI=1S/C6H8N4O2.C4H4O4/c7-4-2-1-3(5(8)10-4)12-6(9)11;5-3(6)1-2-4(7)8/h1-2H,(H2,9,11)(H4,7,8,10);1-2H,(H,5,6)(H,7,8)/b;2-1-. The van der Waals surface area contributed by atoms with Crippen molar-refractivity contribution in [1.82, 2.24) is 4.98 Å². The fraction of sp³-hybridized carbons (Fsp3) is 0. The number of hydrogen-bond donors (Lipinski definition) is 5. The lowest BCUT2D eigenvalue weighted by molar-refractivity contribution is -0.134. The first-order chi connectivity index (χ1) is 9.22. The smallest absolute Gasteiger partial charge is 0.410 e. The van der Waals surface area contributed by atoms with Gasteiger partial charge in [0.15, 0.2) is 11.6 Å². The number of nitrogen functional groups attached to an aromatic ring is 2. The highest BCUT2D eigenvalue weighted by molar-refractivity contribution is 5.89. The molecule has 0 fully saturated rings. The number of carbonyl (C=O) groups is 3. The zero-order valence-electron chi connectivity index (χ0n) is 10.0. The third kappa shape index (κ3) is 7.89. The lowest BCUT2D eigenvalue weighted by Gasteiger charge is -2.03. The third-order valence-electron chi connectivity index (χ3n) is 1.49. The van der Waals surface area contributed by atoms with E-state index in [1.165, 1.54) is 12.1 Å². The number of primary amides is 1. The van der Waals surface area contributed by atoms with Crippen LogP contribution in [0.3, 0.4) is 0 Å². The summed E-state index contributed by atoms with van der Waals surface area (Å²) in [5.74, 6) is -2.12. The second-order valence-corrected chi connectivity index (χ2v) is 3.05. The third-order valence-corrected chi connectivity index (χ3v) is 1.49. The molecular weight excluding hydrogens is 272 g/mol. The fourth-order valence-electron chi connectivity index (χ4n) is 0.815. The number of nitrogens with zero attached hydrogens (tertiary/aromatic N) is 1. The normalized spacial score (nSPS) is 9.40. The molecule has 10 heteroatoms. The Hall–Kier alpha value is -3.30. The van der Waals surface area contributed by atoms with E-state index in [2.05, 4.69) is 9.72 Å². The van der Waals surface area contributed by atoms with Gasteiger partial charge in [-0.25, -0.2) is 19.4 Å². The Bertz CT molecular complexity index is 527. The zero-order chi connectivity index (χ0) is 15.7. The number of amides is 1. The maximum absolute atomic E-state index is 10.3. The highest BCUT2D eigenvalue weighted by Crippen LogP contribution is 2.19. The molecule has 0 saturated carbocycles. The van der Waals surface area contributed by atoms with Gasteiger partial charge in [0.2, 0.25) is 0 Å². The van der Waals surface area contributed by atoms with Gasteiger partial charge < -0.3 is 32.2 Å². The molecule has 0 bridgehead atoms. The van der Waals surface area contributed by atoms with E-state index in [9.17, 15) is 14.4 Å². The molecule has 0 aliphatic heterocycles. The minimum absolute atomic E-state index is 0.0359. The Balaban J connectivity index is 0.000000396. The number of ether oxygens (including phenoxy) is 1. The SMILES string of the molecule is NC(=O)Oc1ccc(N)nc1N.O=C(O)/C=C\C(=O)O. The van der Waals surface area contributed by atoms with Crippen molar-refractivity contribution >= 4 is 29.7 Å². The van der Waals surface area contributed by atoms with Crippen molar-refractivity contribution in [3.05, 3.63) is 24.3 Å². The van der Waals surface area contributed by atoms with Gasteiger partial charge in [-0.3, -0.25) is 0 Å². The molecule has 0 radical (unpaired) electrons. The van der Waals surface area contributed by atoms with Gasteiger partial charge in [0.05, 0.1) is 0 Å². The molecule has 20 heavy (non-hydrogen) atoms. The number of hydrogen-bond acceptors (Lipinski definition) is 7. The van der Waals surface area contributed by atoms with E-state index in [1.807, 2.05) is 0 Å². The molecule has 108 valence electrons. The van der Waals surface area contributed by atoms with Crippen LogP contribution >= 0.6 is 0 Å². The highest BCUT2D eigenvalue weighted by Gasteiger charge is 2.04. The number of aliphatic carboxylic acids is 2. The van der Waals surface area contributed by atoms with Crippen LogP contribution in [0.25, 0.3) is 0 Å². The first-order valence-electron chi connectivity index (χ1n) is 4.85. The van der Waals surface area contributed by atoms with Crippen molar-refractivity contribution in [3.8, 4) is 5.75 Å². The van der Waals surface area contributed by atoms with E-state index < -0.39 is 18.0 Å². The van der Waals surface area contributed by atoms with E-state index in [1.54, 1.807) is 0 Å². The van der Waals surface area contributed by atoms with Crippen LogP contribution in [-0.2, 0) is 9.59 Å². The summed E-state index contributed by atoms with van der Waals surface area (Å²) in [4.78, 5) is 33.0. The number of aromatic nitrogens is 1. The Kier molecular flexibility index (Phi) is 6.61. The van der Waals surface area contributed by atoms with Crippen LogP contribution in [0.15, 0.2) is 24.3 Å². The van der Waals surface area contributed by atoms with Crippen molar-refractivity contribution in [2.75, 3.05) is 11.5 Å². The van der Waals surface area contributed by atoms with E-state index >= 15 is 0 Å². The van der Waals surface area contributed by atoms with Crippen LogP contribution in [0, 0.1) is 0 Å². The minimum atomic E-state index is -1.26. The first-order valence-corrected chi connectivity index (χ1v) is 4.85. The molecule has 0 atom stereocenters. The van der Waals surface area contributed by atoms with Crippen LogP contribution in [-0.4, -0.2) is 33.2 Å². The van der Waals surface area contributed by atoms with Gasteiger partial charge in [0.25, 0.3) is 0 Å². The molecule has 1 amide bonds. The number of carboxylic acid groups (broad SMARTS) is 2. The molecule has 8 N–H and O–H groups in total. The van der Waals surface area contributed by atoms with Crippen LogP contribution < -0.4 is 21.9 Å². The Morgan fingerprint density at radius 3 is 1.95 bits per heavy atom. The summed E-state index contributed by atoms with van der Waals surface area (Å²) < 4.78 is 4.50. The van der Waals surface area contributed by atoms with Gasteiger partial charge in [-0.1, -0.05) is 0 Å². The molecule has 10 nitrogen and oxygen atoms in total. The number of anilines is 2. The van der Waals surface area contributed by atoms with Gasteiger partial charge in [-0.2, -0.15) is 0 Å². The Morgan fingerprint density at radius 1 is 1.10 bits per heavy atom. The second kappa shape index (κ2) is 7.92. The summed E-state index contributed by atoms with van der Waals surface area (Å²) >= 11 is 0. The molecule has 0 unspecified atom stereocenters. The average Bonchev–Trinajstić information content (AvgIpc) is 2.31. The molecule has 0 aliphatic rings. The summed E-state index contributed by atoms with van der Waals surface area (Å²) in [5.41, 5.74) is 15.4. The average molecular weight is 284 g/mol. The molecule has 1 aromatic rings. The van der Waals surface area contributed by atoms with E-state index in [-0.39, 0.29) is 17.4 Å². The quantitative estimate of drug-likeness (QED) is 0.451. The van der Waals surface area contributed by atoms with Gasteiger partial charge in [-0.15, -0.1) is 0 Å². The number of rotatable bonds is 3. The Morgan fingerprint density at radius 2 is 1.60 bits per heavy atom. The van der Waals surface area contributed by atoms with Crippen molar-refractivity contribution in [2.45, 2.75) is 0 Å². The lowest BCUT2D eigenvalue weighted by Crippen LogP contribution is -2.17. The van der Waals surface area contributed by atoms with Gasteiger partial charge in [-0.05, 0) is 12.1 Å². The topological polar surface area (TPSA) is 192 Å². The molecule has 1 rings (SSSR count). The van der Waals surface area contributed by atoms with Gasteiger partial charge in [0, 0.05) is 12.2 Å². The maximum atomic E-state index is 10.3. The summed E-state index contributed by atoms with van der Waals surface area (Å²) in [5, 5.41) is 15.6. The molecule has 1 heterocycles. The number of carbonyl (C=O) groups excluding carboxylic acids is 1. The first kappa shape index (κ1) is 16.7. The number of carboxylic acids is 2. The second-order valence-electron chi connectivity index (χ2n) is 3.05. The van der Waals surface area contributed by atoms with Crippen LogP contribution in [0.4, 0.5) is 16.4 Å². The molecule has 0 aromatic carbocycles. The van der Waals surface area contributed by atoms with Gasteiger partial charge >= 0.3 is 18.0 Å². The van der Waals surface area contributed by atoms with E-state index in [0.29, 0.717) is 12.2 Å². The number of pyridine rings is 1.